The Morgan fingerprint density at radius 2 is 1.63 bits per heavy atom. The van der Waals surface area contributed by atoms with Crippen molar-refractivity contribution in [2.45, 2.75) is 22.3 Å². The molecule has 0 aliphatic heterocycles. The lowest BCUT2D eigenvalue weighted by Crippen LogP contribution is -2.28. The number of hydrogen-bond donors (Lipinski definition) is 5. The third kappa shape index (κ3) is 93.0. The second-order valence-electron chi connectivity index (χ2n) is 1.70. The van der Waals surface area contributed by atoms with Crippen LogP contribution in [0.1, 0.15) is 22.3 Å². The molecule has 0 aromatic carbocycles. The van der Waals surface area contributed by atoms with Crippen molar-refractivity contribution in [2.75, 3.05) is 14.1 Å². The van der Waals surface area contributed by atoms with Crippen LogP contribution in [0.2, 0.25) is 0 Å². The fraction of sp³-hybridized carbons (Fsp3) is 0.455. The van der Waals surface area contributed by atoms with Crippen LogP contribution in [0.5, 0.6) is 0 Å². The highest BCUT2D eigenvalue weighted by Crippen LogP contribution is 1.60. The van der Waals surface area contributed by atoms with Crippen molar-refractivity contribution in [3.8, 4) is 0 Å². The van der Waals surface area contributed by atoms with E-state index in [4.69, 9.17) is 15.0 Å². The Morgan fingerprint density at radius 1 is 1.26 bits per heavy atom. The van der Waals surface area contributed by atoms with Crippen molar-refractivity contribution in [1.29, 1.82) is 0 Å². The number of hydrogen-bond acceptors (Lipinski definition) is 6. The van der Waals surface area contributed by atoms with Gasteiger partial charge in [-0.2, -0.15) is 0 Å². The highest BCUT2D eigenvalue weighted by molar-refractivity contribution is 5.74. The Bertz CT molecular complexity index is 245. The largest absolute Gasteiger partial charge is 0.514 e. The van der Waals surface area contributed by atoms with Crippen LogP contribution in [0.3, 0.4) is 0 Å². The van der Waals surface area contributed by atoms with Crippen LogP contribution >= 0.6 is 0 Å². The number of urea groups is 1. The second kappa shape index (κ2) is 45.1. The summed E-state index contributed by atoms with van der Waals surface area (Å²) in [6.07, 6.45) is 5.01. The molecule has 8 heteroatoms. The van der Waals surface area contributed by atoms with Gasteiger partial charge in [0.1, 0.15) is 0 Å². The number of aliphatic hydroxyl groups excluding tert-OH is 2. The highest BCUT2D eigenvalue weighted by Gasteiger charge is 1.85. The summed E-state index contributed by atoms with van der Waals surface area (Å²) in [7, 11) is 2.87. The molecule has 8 nitrogen and oxygen atoms in total. The summed E-state index contributed by atoms with van der Waals surface area (Å²) in [5.41, 5.74) is 4.60. The Balaban J connectivity index is -0.0000000337. The van der Waals surface area contributed by atoms with Gasteiger partial charge in [-0.3, -0.25) is 0 Å². The maximum absolute atomic E-state index is 10.2. The number of carbonyl (C=O) groups excluding carboxylic acids is 2. The van der Waals surface area contributed by atoms with Gasteiger partial charge in [-0.25, -0.2) is 14.6 Å². The summed E-state index contributed by atoms with van der Waals surface area (Å²) < 4.78 is 0. The van der Waals surface area contributed by atoms with Crippen LogP contribution in [0, 0.1) is 0 Å². The summed E-state index contributed by atoms with van der Waals surface area (Å²) in [6, 6.07) is -0.352. The lowest BCUT2D eigenvalue weighted by molar-refractivity contribution is 0.246. The third-order valence-electron chi connectivity index (χ3n) is 0.693. The number of amides is 2. The molecular weight excluding hydrogens is 252 g/mol. The van der Waals surface area contributed by atoms with E-state index in [1.807, 2.05) is 0 Å². The van der Waals surface area contributed by atoms with E-state index in [2.05, 4.69) is 21.4 Å². The molecule has 0 aliphatic rings. The standard InChI is InChI=1S/C4H8N2O2.C2H3NO.C2H5NO.3CH4/c1-5-4(8)6-2-3-7;1-3-2-4;3-1-2-4;;;/h2-3,7H,1H3,(H2,5,6,8);1H3;1-2,4H,3H2;3*1H4/b3-2-;;2-1-;;;. The number of nitrogens with one attached hydrogen (secondary N) is 2. The van der Waals surface area contributed by atoms with Gasteiger partial charge in [0.05, 0.1) is 12.5 Å². The highest BCUT2D eigenvalue weighted by atomic mass is 16.2. The van der Waals surface area contributed by atoms with Gasteiger partial charge < -0.3 is 26.6 Å². The van der Waals surface area contributed by atoms with Gasteiger partial charge in [-0.1, -0.05) is 22.3 Å². The van der Waals surface area contributed by atoms with E-state index in [0.29, 0.717) is 0 Å². The van der Waals surface area contributed by atoms with Gasteiger partial charge in [0.2, 0.25) is 6.08 Å². The van der Waals surface area contributed by atoms with Gasteiger partial charge in [0.15, 0.2) is 0 Å². The van der Waals surface area contributed by atoms with Gasteiger partial charge in [0, 0.05) is 26.5 Å². The number of isocyanates is 1. The number of rotatable bonds is 1. The zero-order valence-corrected chi connectivity index (χ0v) is 9.04. The smallest absolute Gasteiger partial charge is 0.318 e. The fourth-order valence-corrected chi connectivity index (χ4v) is 0.185. The number of aliphatic imine (C=N–C) groups is 1. The van der Waals surface area contributed by atoms with Crippen molar-refractivity contribution in [3.63, 3.8) is 0 Å². The first-order valence-electron chi connectivity index (χ1n) is 3.88. The predicted octanol–water partition coefficient (Wildman–Crippen LogP) is 1.78. The zero-order valence-electron chi connectivity index (χ0n) is 9.04. The molecule has 0 saturated carbocycles. The predicted molar refractivity (Wildman–Crippen MR) is 79.6 cm³/mol. The lowest BCUT2D eigenvalue weighted by Gasteiger charge is -1.93. The summed E-state index contributed by atoms with van der Waals surface area (Å²) in [6.45, 7) is 0. The number of nitrogens with zero attached hydrogens (tertiary/aromatic N) is 1. The molecule has 116 valence electrons. The van der Waals surface area contributed by atoms with Crippen LogP contribution in [0.4, 0.5) is 4.79 Å². The summed E-state index contributed by atoms with van der Waals surface area (Å²) in [5.74, 6) is 0. The number of carbonyl (C=O) groups is 1. The molecule has 2 amide bonds. The topological polar surface area (TPSA) is 137 Å². The molecule has 0 aromatic rings. The van der Waals surface area contributed by atoms with Crippen molar-refractivity contribution in [2.24, 2.45) is 10.7 Å². The minimum atomic E-state index is -0.352. The van der Waals surface area contributed by atoms with Crippen LogP contribution in [0.15, 0.2) is 29.9 Å². The van der Waals surface area contributed by atoms with Gasteiger partial charge in [-0.15, -0.1) is 0 Å². The van der Waals surface area contributed by atoms with Crippen LogP contribution in [-0.4, -0.2) is 36.4 Å². The first-order valence-corrected chi connectivity index (χ1v) is 3.88. The second-order valence-corrected chi connectivity index (χ2v) is 1.70. The summed E-state index contributed by atoms with van der Waals surface area (Å²) >= 11 is 0. The van der Waals surface area contributed by atoms with Crippen LogP contribution < -0.4 is 16.4 Å². The Morgan fingerprint density at radius 3 is 1.79 bits per heavy atom. The molecule has 0 aromatic heterocycles. The van der Waals surface area contributed by atoms with E-state index >= 15 is 0 Å². The Hall–Kier alpha value is -2.47. The molecule has 0 aliphatic carbocycles. The average Bonchev–Trinajstić information content (AvgIpc) is 2.36. The molecule has 0 bridgehead atoms. The van der Waals surface area contributed by atoms with Gasteiger partial charge in [-0.05, 0) is 0 Å². The maximum atomic E-state index is 10.2. The zero-order chi connectivity index (χ0) is 13.2. The van der Waals surface area contributed by atoms with E-state index in [0.717, 1.165) is 24.9 Å². The van der Waals surface area contributed by atoms with Crippen LogP contribution in [-0.2, 0) is 4.79 Å². The van der Waals surface area contributed by atoms with Crippen molar-refractivity contribution in [1.82, 2.24) is 10.6 Å². The first-order chi connectivity index (χ1) is 7.64. The molecule has 0 fully saturated rings. The molecule has 0 saturated heterocycles. The van der Waals surface area contributed by atoms with Crippen LogP contribution in [0.25, 0.3) is 0 Å². The molecule has 0 rings (SSSR count). The van der Waals surface area contributed by atoms with E-state index in [-0.39, 0.29) is 28.3 Å². The SMILES string of the molecule is C.C.C.CN=C=O.CNC(=O)N/C=C\O.N/C=C\O. The third-order valence-corrected chi connectivity index (χ3v) is 0.693. The Kier molecular flexibility index (Phi) is 85.3. The maximum Gasteiger partial charge on any atom is 0.318 e. The Labute approximate surface area is 115 Å². The van der Waals surface area contributed by atoms with E-state index in [1.54, 1.807) is 0 Å². The minimum Gasteiger partial charge on any atom is -0.514 e. The van der Waals surface area contributed by atoms with E-state index in [1.165, 1.54) is 20.2 Å². The monoisotopic (exact) mass is 280 g/mol. The molecule has 0 radical (unpaired) electrons. The van der Waals surface area contributed by atoms with Crippen molar-refractivity contribution in [3.05, 3.63) is 24.9 Å². The number of nitrogens with two attached hydrogens (primary N) is 1. The summed E-state index contributed by atoms with van der Waals surface area (Å²) in [5, 5.41) is 20.0. The normalized spacial score (nSPS) is 6.63. The molecule has 0 unspecified atom stereocenters. The molecule has 0 heterocycles. The van der Waals surface area contributed by atoms with Gasteiger partial charge >= 0.3 is 6.03 Å². The van der Waals surface area contributed by atoms with Gasteiger partial charge in [0.25, 0.3) is 0 Å². The molecule has 6 N–H and O–H groups in total. The van der Waals surface area contributed by atoms with Crippen molar-refractivity contribution < 1.29 is 19.8 Å². The molecular formula is C11H28N4O4. The van der Waals surface area contributed by atoms with E-state index in [9.17, 15) is 4.79 Å². The molecule has 0 spiro atoms. The molecule has 0 atom stereocenters. The quantitative estimate of drug-likeness (QED) is 0.283. The van der Waals surface area contributed by atoms with E-state index < -0.39 is 0 Å². The minimum absolute atomic E-state index is 0. The molecule has 19 heavy (non-hydrogen) atoms. The summed E-state index contributed by atoms with van der Waals surface area (Å²) in [4.78, 5) is 22.0. The lowest BCUT2D eigenvalue weighted by atomic mass is 10.9. The fourth-order valence-electron chi connectivity index (χ4n) is 0.185. The first kappa shape index (κ1) is 36.0. The van der Waals surface area contributed by atoms with Crippen molar-refractivity contribution >= 4 is 12.1 Å². The average molecular weight is 280 g/mol. The number of aliphatic hydroxyl groups is 2.